The molecule has 1 unspecified atom stereocenters. The molecule has 0 aromatic rings. The maximum Gasteiger partial charge on any atom is 0.306 e. The van der Waals surface area contributed by atoms with Gasteiger partial charge in [0, 0.05) is 19.3 Å². The summed E-state index contributed by atoms with van der Waals surface area (Å²) in [5.74, 6) is -0.921. The summed E-state index contributed by atoms with van der Waals surface area (Å²) < 4.78 is 16.7. The van der Waals surface area contributed by atoms with Crippen molar-refractivity contribution in [3.8, 4) is 0 Å². The molecule has 0 aliphatic rings. The van der Waals surface area contributed by atoms with E-state index in [0.717, 1.165) is 70.6 Å². The van der Waals surface area contributed by atoms with Gasteiger partial charge in [-0.2, -0.15) is 0 Å². The van der Waals surface area contributed by atoms with Crippen LogP contribution >= 0.6 is 0 Å². The first-order valence-electron chi connectivity index (χ1n) is 24.7. The van der Waals surface area contributed by atoms with E-state index in [1.54, 1.807) is 0 Å². The van der Waals surface area contributed by atoms with E-state index in [-0.39, 0.29) is 31.1 Å². The number of esters is 3. The Labute approximate surface area is 358 Å². The van der Waals surface area contributed by atoms with E-state index in [0.29, 0.717) is 19.3 Å². The zero-order chi connectivity index (χ0) is 42.3. The van der Waals surface area contributed by atoms with Gasteiger partial charge in [-0.15, -0.1) is 0 Å². The predicted molar refractivity (Wildman–Crippen MR) is 247 cm³/mol. The topological polar surface area (TPSA) is 78.9 Å². The first-order valence-corrected chi connectivity index (χ1v) is 24.7. The number of unbranched alkanes of at least 4 members (excludes halogenated alkanes) is 26. The molecule has 0 bridgehead atoms. The lowest BCUT2D eigenvalue weighted by Crippen LogP contribution is -2.30. The SMILES string of the molecule is CC/C=C\C/C=C\CCCCC(=O)OCC(COC(=O)CCCCCCCCCCCC/C=C\C=C/CCCCC)OC(=O)CCCCCCCCCCCCCC. The Hall–Kier alpha value is -2.63. The average molecular weight is 813 g/mol. The van der Waals surface area contributed by atoms with E-state index in [4.69, 9.17) is 14.2 Å². The van der Waals surface area contributed by atoms with Crippen LogP contribution in [-0.2, 0) is 28.6 Å². The minimum absolute atomic E-state index is 0.0833. The van der Waals surface area contributed by atoms with Gasteiger partial charge in [-0.05, 0) is 70.6 Å². The molecule has 6 nitrogen and oxygen atoms in total. The highest BCUT2D eigenvalue weighted by Crippen LogP contribution is 2.15. The van der Waals surface area contributed by atoms with Gasteiger partial charge < -0.3 is 14.2 Å². The Morgan fingerprint density at radius 1 is 0.379 bits per heavy atom. The lowest BCUT2D eigenvalue weighted by Gasteiger charge is -2.18. The monoisotopic (exact) mass is 813 g/mol. The first kappa shape index (κ1) is 55.4. The number of allylic oxidation sites excluding steroid dienone is 8. The number of carbonyl (C=O) groups excluding carboxylic acids is 3. The highest BCUT2D eigenvalue weighted by molar-refractivity contribution is 5.71. The summed E-state index contributed by atoms with van der Waals surface area (Å²) >= 11 is 0. The Kier molecular flexibility index (Phi) is 44.9. The fraction of sp³-hybridized carbons (Fsp3) is 0.788. The van der Waals surface area contributed by atoms with Crippen molar-refractivity contribution in [2.45, 2.75) is 252 Å². The Bertz CT molecular complexity index is 1030. The van der Waals surface area contributed by atoms with Crippen LogP contribution in [0, 0.1) is 0 Å². The van der Waals surface area contributed by atoms with E-state index in [1.807, 2.05) is 0 Å². The van der Waals surface area contributed by atoms with Crippen molar-refractivity contribution in [3.63, 3.8) is 0 Å². The van der Waals surface area contributed by atoms with Crippen molar-refractivity contribution in [1.82, 2.24) is 0 Å². The molecule has 0 spiro atoms. The van der Waals surface area contributed by atoms with Crippen LogP contribution in [0.4, 0.5) is 0 Å². The molecular weight excluding hydrogens is 721 g/mol. The highest BCUT2D eigenvalue weighted by atomic mass is 16.6. The fourth-order valence-corrected chi connectivity index (χ4v) is 6.88. The predicted octanol–water partition coefficient (Wildman–Crippen LogP) is 15.9. The maximum absolute atomic E-state index is 12.7. The molecule has 58 heavy (non-hydrogen) atoms. The van der Waals surface area contributed by atoms with Crippen LogP contribution in [0.25, 0.3) is 0 Å². The van der Waals surface area contributed by atoms with Crippen molar-refractivity contribution in [1.29, 1.82) is 0 Å². The first-order chi connectivity index (χ1) is 28.5. The van der Waals surface area contributed by atoms with Gasteiger partial charge in [0.1, 0.15) is 13.2 Å². The summed E-state index contributed by atoms with van der Waals surface area (Å²) in [6.07, 6.45) is 55.3. The normalized spacial score (nSPS) is 12.4. The molecule has 1 atom stereocenters. The molecule has 0 N–H and O–H groups in total. The molecule has 336 valence electrons. The van der Waals surface area contributed by atoms with Gasteiger partial charge in [0.25, 0.3) is 0 Å². The van der Waals surface area contributed by atoms with Gasteiger partial charge in [-0.25, -0.2) is 0 Å². The van der Waals surface area contributed by atoms with Crippen LogP contribution in [-0.4, -0.2) is 37.2 Å². The minimum atomic E-state index is -0.782. The van der Waals surface area contributed by atoms with Crippen molar-refractivity contribution in [3.05, 3.63) is 48.6 Å². The van der Waals surface area contributed by atoms with E-state index in [2.05, 4.69) is 69.4 Å². The van der Waals surface area contributed by atoms with E-state index < -0.39 is 6.10 Å². The second-order valence-electron chi connectivity index (χ2n) is 16.4. The molecular formula is C52H92O6. The van der Waals surface area contributed by atoms with Gasteiger partial charge in [0.15, 0.2) is 6.10 Å². The Morgan fingerprint density at radius 2 is 0.724 bits per heavy atom. The third-order valence-corrected chi connectivity index (χ3v) is 10.6. The summed E-state index contributed by atoms with van der Waals surface area (Å²) in [5.41, 5.74) is 0. The highest BCUT2D eigenvalue weighted by Gasteiger charge is 2.19. The van der Waals surface area contributed by atoms with E-state index in [9.17, 15) is 14.4 Å². The number of ether oxygens (including phenoxy) is 3. The fourth-order valence-electron chi connectivity index (χ4n) is 6.88. The van der Waals surface area contributed by atoms with Crippen LogP contribution in [0.15, 0.2) is 48.6 Å². The largest absolute Gasteiger partial charge is 0.462 e. The lowest BCUT2D eigenvalue weighted by atomic mass is 10.0. The molecule has 0 aromatic carbocycles. The third kappa shape index (κ3) is 44.5. The zero-order valence-corrected chi connectivity index (χ0v) is 38.3. The van der Waals surface area contributed by atoms with E-state index >= 15 is 0 Å². The van der Waals surface area contributed by atoms with Gasteiger partial charge in [-0.1, -0.05) is 204 Å². The molecule has 0 amide bonds. The van der Waals surface area contributed by atoms with Crippen LogP contribution < -0.4 is 0 Å². The number of rotatable bonds is 44. The molecule has 0 heterocycles. The van der Waals surface area contributed by atoms with Crippen molar-refractivity contribution in [2.24, 2.45) is 0 Å². The van der Waals surface area contributed by atoms with Gasteiger partial charge >= 0.3 is 17.9 Å². The van der Waals surface area contributed by atoms with Crippen molar-refractivity contribution in [2.75, 3.05) is 13.2 Å². The number of carbonyl (C=O) groups is 3. The molecule has 0 aliphatic heterocycles. The maximum atomic E-state index is 12.7. The smallest absolute Gasteiger partial charge is 0.306 e. The van der Waals surface area contributed by atoms with Gasteiger partial charge in [0.05, 0.1) is 0 Å². The molecule has 0 aliphatic carbocycles. The summed E-state index contributed by atoms with van der Waals surface area (Å²) in [6, 6.07) is 0. The summed E-state index contributed by atoms with van der Waals surface area (Å²) in [5, 5.41) is 0. The molecule has 0 saturated heterocycles. The number of hydrogen-bond acceptors (Lipinski definition) is 6. The molecule has 0 radical (unpaired) electrons. The molecule has 0 saturated carbocycles. The van der Waals surface area contributed by atoms with E-state index in [1.165, 1.54) is 135 Å². The van der Waals surface area contributed by atoms with Crippen LogP contribution in [0.1, 0.15) is 245 Å². The molecule has 0 fully saturated rings. The van der Waals surface area contributed by atoms with Gasteiger partial charge in [-0.3, -0.25) is 14.4 Å². The summed E-state index contributed by atoms with van der Waals surface area (Å²) in [6.45, 7) is 6.45. The van der Waals surface area contributed by atoms with Crippen LogP contribution in [0.3, 0.4) is 0 Å². The lowest BCUT2D eigenvalue weighted by molar-refractivity contribution is -0.167. The van der Waals surface area contributed by atoms with Crippen LogP contribution in [0.5, 0.6) is 0 Å². The van der Waals surface area contributed by atoms with Crippen molar-refractivity contribution >= 4 is 17.9 Å². The number of hydrogen-bond donors (Lipinski definition) is 0. The second-order valence-corrected chi connectivity index (χ2v) is 16.4. The molecule has 0 rings (SSSR count). The zero-order valence-electron chi connectivity index (χ0n) is 38.3. The summed E-state index contributed by atoms with van der Waals surface area (Å²) in [7, 11) is 0. The van der Waals surface area contributed by atoms with Gasteiger partial charge in [0.2, 0.25) is 0 Å². The average Bonchev–Trinajstić information content (AvgIpc) is 3.22. The third-order valence-electron chi connectivity index (χ3n) is 10.6. The standard InChI is InChI=1S/C52H92O6/c1-4-7-10-13-16-19-21-23-24-25-26-27-28-29-31-33-36-39-42-45-51(54)57-48-49(47-56-50(53)44-41-38-35-32-18-15-12-9-6-3)58-52(55)46-43-40-37-34-30-22-20-17-14-11-8-5-2/h9,12,16,18-19,21,23,32,49H,4-8,10-11,13-15,17,20,22,24-31,33-48H2,1-3H3/b12-9-,19-16-,23-21-,32-18-. The second kappa shape index (κ2) is 47.1. The Balaban J connectivity index is 4.29. The van der Waals surface area contributed by atoms with Crippen LogP contribution in [0.2, 0.25) is 0 Å². The Morgan fingerprint density at radius 3 is 1.21 bits per heavy atom. The molecule has 6 heteroatoms. The van der Waals surface area contributed by atoms with Crippen molar-refractivity contribution < 1.29 is 28.6 Å². The molecule has 0 aromatic heterocycles. The summed E-state index contributed by atoms with van der Waals surface area (Å²) in [4.78, 5) is 37.8. The minimum Gasteiger partial charge on any atom is -0.462 e. The quantitative estimate of drug-likeness (QED) is 0.0200.